The molecule has 4 rings (SSSR count). The molecule has 7 nitrogen and oxygen atoms in total. The van der Waals surface area contributed by atoms with Crippen LogP contribution >= 0.6 is 0 Å². The zero-order valence-electron chi connectivity index (χ0n) is 20.4. The summed E-state index contributed by atoms with van der Waals surface area (Å²) in [5.41, 5.74) is 5.35. The highest BCUT2D eigenvalue weighted by Gasteiger charge is 2.25. The molecule has 7 heteroatoms. The maximum Gasteiger partial charge on any atom is 0.410 e. The van der Waals surface area contributed by atoms with Crippen LogP contribution in [0, 0.1) is 0 Å². The van der Waals surface area contributed by atoms with Crippen LogP contribution in [0.5, 0.6) is 0 Å². The van der Waals surface area contributed by atoms with Crippen molar-refractivity contribution in [2.24, 2.45) is 0 Å². The SMILES string of the molecule is CC(C)(C)OC(=O)NCc1ccccc1-c1nccc2c1CCN(C(=O)OCc1ccccc1)C2. The van der Waals surface area contributed by atoms with Gasteiger partial charge in [0.1, 0.15) is 12.2 Å². The van der Waals surface area contributed by atoms with Gasteiger partial charge < -0.3 is 19.7 Å². The van der Waals surface area contributed by atoms with Crippen molar-refractivity contribution in [2.75, 3.05) is 6.54 Å². The lowest BCUT2D eigenvalue weighted by molar-refractivity contribution is 0.0523. The minimum Gasteiger partial charge on any atom is -0.445 e. The Morgan fingerprint density at radius 1 is 1.03 bits per heavy atom. The molecule has 35 heavy (non-hydrogen) atoms. The summed E-state index contributed by atoms with van der Waals surface area (Å²) in [6.07, 6.45) is 1.66. The van der Waals surface area contributed by atoms with Crippen molar-refractivity contribution in [1.29, 1.82) is 0 Å². The van der Waals surface area contributed by atoms with Crippen LogP contribution in [-0.4, -0.2) is 34.2 Å². The second-order valence-corrected chi connectivity index (χ2v) is 9.52. The molecule has 0 fully saturated rings. The third-order valence-electron chi connectivity index (χ3n) is 5.70. The second-order valence-electron chi connectivity index (χ2n) is 9.52. The molecule has 1 aliphatic heterocycles. The van der Waals surface area contributed by atoms with E-state index in [1.165, 1.54) is 0 Å². The number of carbonyl (C=O) groups excluding carboxylic acids is 2. The van der Waals surface area contributed by atoms with E-state index < -0.39 is 11.7 Å². The molecule has 0 spiro atoms. The third-order valence-corrected chi connectivity index (χ3v) is 5.70. The smallest absolute Gasteiger partial charge is 0.410 e. The first-order chi connectivity index (χ1) is 16.8. The van der Waals surface area contributed by atoms with Gasteiger partial charge in [-0.15, -0.1) is 0 Å². The molecule has 0 aliphatic carbocycles. The molecule has 182 valence electrons. The fraction of sp³-hybridized carbons (Fsp3) is 0.321. The fourth-order valence-corrected chi connectivity index (χ4v) is 4.08. The average molecular weight is 474 g/mol. The van der Waals surface area contributed by atoms with Gasteiger partial charge in [0.15, 0.2) is 0 Å². The molecule has 3 aromatic rings. The Kier molecular flexibility index (Phi) is 7.34. The van der Waals surface area contributed by atoms with Crippen LogP contribution in [0.25, 0.3) is 11.3 Å². The Bertz CT molecular complexity index is 1190. The zero-order chi connectivity index (χ0) is 24.8. The first kappa shape index (κ1) is 24.3. The van der Waals surface area contributed by atoms with Gasteiger partial charge in [0.25, 0.3) is 0 Å². The van der Waals surface area contributed by atoms with Crippen molar-refractivity contribution < 1.29 is 19.1 Å². The van der Waals surface area contributed by atoms with Gasteiger partial charge in [0, 0.05) is 31.4 Å². The van der Waals surface area contributed by atoms with Crippen molar-refractivity contribution >= 4 is 12.2 Å². The number of aromatic nitrogens is 1. The van der Waals surface area contributed by atoms with Gasteiger partial charge in [0.05, 0.1) is 5.69 Å². The quantitative estimate of drug-likeness (QED) is 0.532. The van der Waals surface area contributed by atoms with Crippen LogP contribution in [0.4, 0.5) is 9.59 Å². The summed E-state index contributed by atoms with van der Waals surface area (Å²) in [5, 5.41) is 2.84. The second kappa shape index (κ2) is 10.6. The van der Waals surface area contributed by atoms with Crippen molar-refractivity contribution in [3.05, 3.63) is 89.1 Å². The highest BCUT2D eigenvalue weighted by molar-refractivity contribution is 5.72. The first-order valence-corrected chi connectivity index (χ1v) is 11.8. The Labute approximate surface area is 206 Å². The molecular weight excluding hydrogens is 442 g/mol. The minimum atomic E-state index is -0.558. The summed E-state index contributed by atoms with van der Waals surface area (Å²) < 4.78 is 10.9. The van der Waals surface area contributed by atoms with E-state index in [2.05, 4.69) is 10.3 Å². The van der Waals surface area contributed by atoms with Gasteiger partial charge in [-0.05, 0) is 55.5 Å². The zero-order valence-corrected chi connectivity index (χ0v) is 20.4. The number of alkyl carbamates (subject to hydrolysis) is 1. The van der Waals surface area contributed by atoms with E-state index in [0.717, 1.165) is 33.5 Å². The highest BCUT2D eigenvalue weighted by atomic mass is 16.6. The molecule has 1 N–H and O–H groups in total. The van der Waals surface area contributed by atoms with Crippen molar-refractivity contribution in [1.82, 2.24) is 15.2 Å². The lowest BCUT2D eigenvalue weighted by Crippen LogP contribution is -2.36. The summed E-state index contributed by atoms with van der Waals surface area (Å²) in [6.45, 7) is 7.11. The highest BCUT2D eigenvalue weighted by Crippen LogP contribution is 2.31. The number of hydrogen-bond donors (Lipinski definition) is 1. The molecule has 0 radical (unpaired) electrons. The van der Waals surface area contributed by atoms with Crippen LogP contribution in [0.3, 0.4) is 0 Å². The molecular formula is C28H31N3O4. The van der Waals surface area contributed by atoms with Crippen LogP contribution in [-0.2, 0) is 35.6 Å². The topological polar surface area (TPSA) is 80.8 Å². The number of nitrogens with zero attached hydrogens (tertiary/aromatic N) is 2. The first-order valence-electron chi connectivity index (χ1n) is 11.8. The lowest BCUT2D eigenvalue weighted by Gasteiger charge is -2.29. The van der Waals surface area contributed by atoms with Gasteiger partial charge in [-0.2, -0.15) is 0 Å². The maximum absolute atomic E-state index is 12.7. The minimum absolute atomic E-state index is 0.253. The van der Waals surface area contributed by atoms with Crippen LogP contribution in [0.2, 0.25) is 0 Å². The Balaban J connectivity index is 1.47. The van der Waals surface area contributed by atoms with Crippen molar-refractivity contribution in [2.45, 2.75) is 52.5 Å². The van der Waals surface area contributed by atoms with E-state index in [1.54, 1.807) is 11.1 Å². The Morgan fingerprint density at radius 3 is 2.54 bits per heavy atom. The molecule has 2 heterocycles. The lowest BCUT2D eigenvalue weighted by atomic mass is 9.93. The summed E-state index contributed by atoms with van der Waals surface area (Å²) in [6, 6.07) is 19.5. The molecule has 0 saturated heterocycles. The molecule has 0 atom stereocenters. The third kappa shape index (κ3) is 6.38. The van der Waals surface area contributed by atoms with E-state index in [-0.39, 0.29) is 12.7 Å². The van der Waals surface area contributed by atoms with Crippen molar-refractivity contribution in [3.8, 4) is 11.3 Å². The summed E-state index contributed by atoms with van der Waals surface area (Å²) in [5.74, 6) is 0. The standard InChI is InChI=1S/C28H31N3O4/c1-28(2,3)35-26(32)30-17-21-11-7-8-12-23(21)25-24-14-16-31(18-22(24)13-15-29-25)27(33)34-19-20-9-5-4-6-10-20/h4-13,15H,14,16-19H2,1-3H3,(H,30,32). The fourth-order valence-electron chi connectivity index (χ4n) is 4.08. The number of pyridine rings is 1. The van der Waals surface area contributed by atoms with Crippen molar-refractivity contribution in [3.63, 3.8) is 0 Å². The normalized spacial score (nSPS) is 13.1. The number of benzene rings is 2. The van der Waals surface area contributed by atoms with E-state index in [1.807, 2.05) is 81.4 Å². The van der Waals surface area contributed by atoms with Gasteiger partial charge in [0.2, 0.25) is 0 Å². The maximum atomic E-state index is 12.7. The van der Waals surface area contributed by atoms with Gasteiger partial charge in [-0.1, -0.05) is 54.6 Å². The summed E-state index contributed by atoms with van der Waals surface area (Å²) in [4.78, 5) is 31.2. The Morgan fingerprint density at radius 2 is 1.77 bits per heavy atom. The number of rotatable bonds is 5. The van der Waals surface area contributed by atoms with Crippen LogP contribution in [0.1, 0.15) is 43.0 Å². The van der Waals surface area contributed by atoms with Gasteiger partial charge in [-0.3, -0.25) is 4.98 Å². The van der Waals surface area contributed by atoms with Gasteiger partial charge >= 0.3 is 12.2 Å². The number of hydrogen-bond acceptors (Lipinski definition) is 5. The largest absolute Gasteiger partial charge is 0.445 e. The molecule has 1 aliphatic rings. The van der Waals surface area contributed by atoms with Gasteiger partial charge in [-0.25, -0.2) is 9.59 Å². The number of carbonyl (C=O) groups is 2. The monoisotopic (exact) mass is 473 g/mol. The average Bonchev–Trinajstić information content (AvgIpc) is 2.85. The molecule has 0 saturated carbocycles. The Hall–Kier alpha value is -3.87. The number of amides is 2. The summed E-state index contributed by atoms with van der Waals surface area (Å²) in [7, 11) is 0. The van der Waals surface area contributed by atoms with E-state index in [4.69, 9.17) is 9.47 Å². The molecule has 0 unspecified atom stereocenters. The van der Waals surface area contributed by atoms with E-state index >= 15 is 0 Å². The van der Waals surface area contributed by atoms with E-state index in [0.29, 0.717) is 26.1 Å². The predicted octanol–water partition coefficient (Wildman–Crippen LogP) is 5.47. The molecule has 2 amide bonds. The number of fused-ring (bicyclic) bond motifs is 1. The number of ether oxygens (including phenoxy) is 2. The predicted molar refractivity (Wildman–Crippen MR) is 133 cm³/mol. The summed E-state index contributed by atoms with van der Waals surface area (Å²) >= 11 is 0. The number of nitrogens with one attached hydrogen (secondary N) is 1. The van der Waals surface area contributed by atoms with Crippen LogP contribution in [0.15, 0.2) is 66.9 Å². The molecule has 2 aromatic carbocycles. The van der Waals surface area contributed by atoms with E-state index in [9.17, 15) is 9.59 Å². The van der Waals surface area contributed by atoms with Crippen LogP contribution < -0.4 is 5.32 Å². The molecule has 0 bridgehead atoms. The molecule has 1 aromatic heterocycles.